The number of carbonyl (C=O) groups excluding carboxylic acids is 2. The summed E-state index contributed by atoms with van der Waals surface area (Å²) < 4.78 is 7.18. The van der Waals surface area contributed by atoms with E-state index in [1.807, 2.05) is 61.1 Å². The maximum Gasteiger partial charge on any atom is 0.254 e. The number of hydrogen-bond acceptors (Lipinski definition) is 3. The summed E-state index contributed by atoms with van der Waals surface area (Å²) in [7, 11) is 3.58. The molecule has 6 heteroatoms. The quantitative estimate of drug-likeness (QED) is 0.583. The molecule has 0 spiro atoms. The van der Waals surface area contributed by atoms with Crippen molar-refractivity contribution in [3.05, 3.63) is 59.4 Å². The second-order valence-electron chi connectivity index (χ2n) is 7.20. The third-order valence-corrected chi connectivity index (χ3v) is 5.04. The highest BCUT2D eigenvalue weighted by atomic mass is 16.5. The molecule has 1 heterocycles. The molecule has 0 unspecified atom stereocenters. The van der Waals surface area contributed by atoms with Crippen molar-refractivity contribution in [1.29, 1.82) is 0 Å². The Labute approximate surface area is 174 Å². The highest BCUT2D eigenvalue weighted by Gasteiger charge is 2.22. The van der Waals surface area contributed by atoms with Gasteiger partial charge >= 0.3 is 0 Å². The van der Waals surface area contributed by atoms with E-state index >= 15 is 0 Å². The van der Waals surface area contributed by atoms with E-state index in [1.165, 1.54) is 5.56 Å². The Morgan fingerprint density at radius 1 is 1.03 bits per heavy atom. The fourth-order valence-electron chi connectivity index (χ4n) is 3.20. The van der Waals surface area contributed by atoms with Gasteiger partial charge in [0.25, 0.3) is 5.91 Å². The van der Waals surface area contributed by atoms with Gasteiger partial charge in [-0.1, -0.05) is 26.0 Å². The van der Waals surface area contributed by atoms with Gasteiger partial charge in [0.1, 0.15) is 6.54 Å². The first-order valence-corrected chi connectivity index (χ1v) is 10.2. The molecule has 1 aromatic heterocycles. The van der Waals surface area contributed by atoms with Crippen molar-refractivity contribution in [2.24, 2.45) is 7.05 Å². The van der Waals surface area contributed by atoms with Crippen LogP contribution in [-0.2, 0) is 29.5 Å². The third-order valence-electron chi connectivity index (χ3n) is 5.04. The average molecular weight is 400 g/mol. The molecule has 0 atom stereocenters. The SMILES string of the molecule is CCCN(CC(=O)N(CCOC)Cc1cccn1C)C(=O)c1ccc(CC)cc1. The van der Waals surface area contributed by atoms with Gasteiger partial charge in [0.05, 0.1) is 13.2 Å². The molecule has 0 aliphatic rings. The summed E-state index contributed by atoms with van der Waals surface area (Å²) in [6, 6.07) is 11.6. The van der Waals surface area contributed by atoms with E-state index in [9.17, 15) is 9.59 Å². The van der Waals surface area contributed by atoms with Crippen LogP contribution in [0.15, 0.2) is 42.6 Å². The zero-order valence-corrected chi connectivity index (χ0v) is 18.1. The number of aromatic nitrogens is 1. The molecule has 0 saturated heterocycles. The Morgan fingerprint density at radius 3 is 2.31 bits per heavy atom. The Balaban J connectivity index is 2.12. The number of amides is 2. The number of carbonyl (C=O) groups is 2. The molecule has 0 saturated carbocycles. The van der Waals surface area contributed by atoms with Crippen LogP contribution in [0.4, 0.5) is 0 Å². The predicted molar refractivity (Wildman–Crippen MR) is 115 cm³/mol. The highest BCUT2D eigenvalue weighted by Crippen LogP contribution is 2.11. The maximum atomic E-state index is 13.1. The second-order valence-corrected chi connectivity index (χ2v) is 7.20. The molecule has 158 valence electrons. The number of ether oxygens (including phenoxy) is 1. The first kappa shape index (κ1) is 22.7. The molecule has 0 aliphatic carbocycles. The Kier molecular flexibility index (Phi) is 8.93. The molecule has 0 bridgehead atoms. The minimum atomic E-state index is -0.103. The van der Waals surface area contributed by atoms with Crippen LogP contribution in [0, 0.1) is 0 Å². The molecule has 29 heavy (non-hydrogen) atoms. The highest BCUT2D eigenvalue weighted by molar-refractivity contribution is 5.96. The molecular formula is C23H33N3O3. The predicted octanol–water partition coefficient (Wildman–Crippen LogP) is 3.11. The number of aryl methyl sites for hydroxylation is 2. The summed E-state index contributed by atoms with van der Waals surface area (Å²) in [5.41, 5.74) is 2.85. The van der Waals surface area contributed by atoms with Crippen molar-refractivity contribution in [2.75, 3.05) is 33.4 Å². The molecule has 2 amide bonds. The first-order chi connectivity index (χ1) is 14.0. The molecular weight excluding hydrogens is 366 g/mol. The van der Waals surface area contributed by atoms with Crippen LogP contribution in [0.2, 0.25) is 0 Å². The van der Waals surface area contributed by atoms with Crippen LogP contribution >= 0.6 is 0 Å². The second kappa shape index (κ2) is 11.4. The van der Waals surface area contributed by atoms with Crippen molar-refractivity contribution < 1.29 is 14.3 Å². The van der Waals surface area contributed by atoms with E-state index in [-0.39, 0.29) is 18.4 Å². The van der Waals surface area contributed by atoms with Crippen molar-refractivity contribution in [3.63, 3.8) is 0 Å². The van der Waals surface area contributed by atoms with E-state index < -0.39 is 0 Å². The van der Waals surface area contributed by atoms with Crippen molar-refractivity contribution in [2.45, 2.75) is 33.2 Å². The van der Waals surface area contributed by atoms with Crippen molar-refractivity contribution in [1.82, 2.24) is 14.4 Å². The van der Waals surface area contributed by atoms with Gasteiger partial charge in [0.15, 0.2) is 0 Å². The van der Waals surface area contributed by atoms with Gasteiger partial charge in [0, 0.05) is 44.7 Å². The van der Waals surface area contributed by atoms with Gasteiger partial charge in [-0.05, 0) is 42.7 Å². The lowest BCUT2D eigenvalue weighted by molar-refractivity contribution is -0.133. The molecule has 6 nitrogen and oxygen atoms in total. The van der Waals surface area contributed by atoms with Gasteiger partial charge in [-0.3, -0.25) is 9.59 Å². The van der Waals surface area contributed by atoms with Crippen LogP contribution < -0.4 is 0 Å². The summed E-state index contributed by atoms with van der Waals surface area (Å²) in [5.74, 6) is -0.177. The normalized spacial score (nSPS) is 10.8. The van der Waals surface area contributed by atoms with E-state index in [0.29, 0.717) is 31.8 Å². The topological polar surface area (TPSA) is 54.8 Å². The summed E-state index contributed by atoms with van der Waals surface area (Å²) in [6.45, 7) is 6.14. The molecule has 0 radical (unpaired) electrons. The Hall–Kier alpha value is -2.60. The summed E-state index contributed by atoms with van der Waals surface area (Å²) >= 11 is 0. The van der Waals surface area contributed by atoms with Gasteiger partial charge in [-0.15, -0.1) is 0 Å². The van der Waals surface area contributed by atoms with Crippen LogP contribution in [0.25, 0.3) is 0 Å². The summed E-state index contributed by atoms with van der Waals surface area (Å²) in [6.07, 6.45) is 3.68. The Bertz CT molecular complexity index is 783. The monoisotopic (exact) mass is 399 g/mol. The summed E-state index contributed by atoms with van der Waals surface area (Å²) in [4.78, 5) is 29.5. The number of rotatable bonds is 11. The average Bonchev–Trinajstić information content (AvgIpc) is 3.14. The number of hydrogen-bond donors (Lipinski definition) is 0. The largest absolute Gasteiger partial charge is 0.383 e. The first-order valence-electron chi connectivity index (χ1n) is 10.2. The fourth-order valence-corrected chi connectivity index (χ4v) is 3.20. The number of methoxy groups -OCH3 is 1. The van der Waals surface area contributed by atoms with E-state index in [1.54, 1.807) is 16.9 Å². The molecule has 1 aromatic carbocycles. The number of benzene rings is 1. The lowest BCUT2D eigenvalue weighted by atomic mass is 10.1. The van der Waals surface area contributed by atoms with Gasteiger partial charge < -0.3 is 19.1 Å². The fraction of sp³-hybridized carbons (Fsp3) is 0.478. The molecule has 0 aliphatic heterocycles. The van der Waals surface area contributed by atoms with Crippen molar-refractivity contribution >= 4 is 11.8 Å². The molecule has 0 fully saturated rings. The minimum absolute atomic E-state index is 0.0658. The lowest BCUT2D eigenvalue weighted by Gasteiger charge is -2.27. The zero-order valence-electron chi connectivity index (χ0n) is 18.1. The van der Waals surface area contributed by atoms with Crippen molar-refractivity contribution in [3.8, 4) is 0 Å². The minimum Gasteiger partial charge on any atom is -0.383 e. The smallest absolute Gasteiger partial charge is 0.254 e. The zero-order chi connectivity index (χ0) is 21.2. The van der Waals surface area contributed by atoms with Crippen LogP contribution in [0.5, 0.6) is 0 Å². The van der Waals surface area contributed by atoms with Gasteiger partial charge in [-0.2, -0.15) is 0 Å². The lowest BCUT2D eigenvalue weighted by Crippen LogP contribution is -2.44. The van der Waals surface area contributed by atoms with Gasteiger partial charge in [0.2, 0.25) is 5.91 Å². The molecule has 2 rings (SSSR count). The van der Waals surface area contributed by atoms with E-state index in [4.69, 9.17) is 4.74 Å². The third kappa shape index (κ3) is 6.46. The van der Waals surface area contributed by atoms with Crippen LogP contribution in [0.3, 0.4) is 0 Å². The number of nitrogens with zero attached hydrogens (tertiary/aromatic N) is 3. The standard InChI is InChI=1S/C23H33N3O3/c1-5-13-26(23(28)20-11-9-19(6-2)10-12-20)18-22(27)25(15-16-29-4)17-21-8-7-14-24(21)3/h7-12,14H,5-6,13,15-18H2,1-4H3. The van der Waals surface area contributed by atoms with Crippen LogP contribution in [-0.4, -0.2) is 59.5 Å². The maximum absolute atomic E-state index is 13.1. The molecule has 2 aromatic rings. The Morgan fingerprint density at radius 2 is 1.76 bits per heavy atom. The summed E-state index contributed by atoms with van der Waals surface area (Å²) in [5, 5.41) is 0. The molecule has 0 N–H and O–H groups in total. The van der Waals surface area contributed by atoms with E-state index in [0.717, 1.165) is 18.5 Å². The van der Waals surface area contributed by atoms with Gasteiger partial charge in [-0.25, -0.2) is 0 Å². The van der Waals surface area contributed by atoms with Crippen LogP contribution in [0.1, 0.15) is 41.9 Å². The van der Waals surface area contributed by atoms with E-state index in [2.05, 4.69) is 6.92 Å².